The fraction of sp³-hybridized carbons (Fsp3) is 0.0345. The maximum atomic E-state index is 2.39. The van der Waals surface area contributed by atoms with Crippen molar-refractivity contribution < 1.29 is 0 Å². The van der Waals surface area contributed by atoms with Gasteiger partial charge in [0.05, 0.1) is 0 Å². The average molecular weight is 1140 g/mol. The molecule has 1 aliphatic rings. The molecular weight excluding hydrogens is 1070 g/mol. The zero-order valence-electron chi connectivity index (χ0n) is 49.9. The minimum Gasteiger partial charge on any atom is -0.311 e. The smallest absolute Gasteiger partial charge is 0.0465 e. The summed E-state index contributed by atoms with van der Waals surface area (Å²) in [6.07, 6.45) is 4.45. The van der Waals surface area contributed by atoms with Crippen LogP contribution in [-0.2, 0) is 5.41 Å². The van der Waals surface area contributed by atoms with Crippen LogP contribution in [0.25, 0.3) is 99.7 Å². The van der Waals surface area contributed by atoms with E-state index < -0.39 is 0 Å². The number of hydrogen-bond acceptors (Lipinski definition) is 2. The largest absolute Gasteiger partial charge is 0.311 e. The van der Waals surface area contributed by atoms with Crippen LogP contribution < -0.4 is 9.80 Å². The van der Waals surface area contributed by atoms with Crippen LogP contribution in [0.1, 0.15) is 36.1 Å². The van der Waals surface area contributed by atoms with Crippen molar-refractivity contribution in [3.05, 3.63) is 362 Å². The summed E-state index contributed by atoms with van der Waals surface area (Å²) in [5.41, 5.74) is 22.0. The first-order valence-corrected chi connectivity index (χ1v) is 30.8. The van der Waals surface area contributed by atoms with E-state index in [0.717, 1.165) is 28.4 Å². The Hall–Kier alpha value is -11.3. The highest BCUT2D eigenvalue weighted by Crippen LogP contribution is 2.52. The number of nitrogens with zero attached hydrogens (tertiary/aromatic N) is 2. The Morgan fingerprint density at radius 3 is 1.18 bits per heavy atom. The van der Waals surface area contributed by atoms with E-state index in [9.17, 15) is 0 Å². The Morgan fingerprint density at radius 2 is 0.618 bits per heavy atom. The molecule has 89 heavy (non-hydrogen) atoms. The van der Waals surface area contributed by atoms with Crippen LogP contribution in [-0.4, -0.2) is 0 Å². The molecule has 0 heterocycles. The van der Waals surface area contributed by atoms with Gasteiger partial charge in [0, 0.05) is 39.5 Å². The van der Waals surface area contributed by atoms with Gasteiger partial charge in [0.1, 0.15) is 0 Å². The Morgan fingerprint density at radius 1 is 0.236 bits per heavy atom. The standard InChI is InChI=1S/C47H38N2.C40H26/c1-47(2)45-33-36(24-23-35-25-28-41(29-26-35)48(37-15-7-3-8-16-37)38-17-9-4-10-18-38)27-31-43(45)44-32-30-42(34-46(44)47)49(39-19-11-5-12-20-39)40-21-13-6-14-22-40;1-2-12-31-26-32(25-20-27(31)10-1)40-37-17-7-5-15-35(37)39(36-16-6-8-18-38(36)40)30-23-21-29(22-24-30)34-19-9-13-28-11-3-4-14-33(28)34/h3-34H,1-2H3;1-26H/b24-23+;. The van der Waals surface area contributed by atoms with E-state index in [0.29, 0.717) is 0 Å². The lowest BCUT2D eigenvalue weighted by Crippen LogP contribution is -2.16. The average Bonchev–Trinajstić information content (AvgIpc) is 1.15. The second kappa shape index (κ2) is 23.5. The van der Waals surface area contributed by atoms with Crippen LogP contribution in [0.5, 0.6) is 0 Å². The normalized spacial score (nSPS) is 12.2. The second-order valence-electron chi connectivity index (χ2n) is 23.6. The predicted octanol–water partition coefficient (Wildman–Crippen LogP) is 24.4. The van der Waals surface area contributed by atoms with Gasteiger partial charge >= 0.3 is 0 Å². The molecule has 0 fully saturated rings. The summed E-state index contributed by atoms with van der Waals surface area (Å²) < 4.78 is 0. The van der Waals surface area contributed by atoms with E-state index in [4.69, 9.17) is 0 Å². The predicted molar refractivity (Wildman–Crippen MR) is 382 cm³/mol. The van der Waals surface area contributed by atoms with Gasteiger partial charge in [-0.2, -0.15) is 0 Å². The summed E-state index contributed by atoms with van der Waals surface area (Å²) >= 11 is 0. The summed E-state index contributed by atoms with van der Waals surface area (Å²) in [5.74, 6) is 0. The van der Waals surface area contributed by atoms with Crippen molar-refractivity contribution in [1.29, 1.82) is 0 Å². The summed E-state index contributed by atoms with van der Waals surface area (Å²) in [6.45, 7) is 4.71. The molecule has 0 amide bonds. The molecule has 0 atom stereocenters. The van der Waals surface area contributed by atoms with Gasteiger partial charge in [0.2, 0.25) is 0 Å². The molecule has 0 spiro atoms. The van der Waals surface area contributed by atoms with Crippen molar-refractivity contribution in [1.82, 2.24) is 0 Å². The van der Waals surface area contributed by atoms with E-state index >= 15 is 0 Å². The maximum Gasteiger partial charge on any atom is 0.0465 e. The van der Waals surface area contributed by atoms with Crippen molar-refractivity contribution in [3.63, 3.8) is 0 Å². The Labute approximate surface area is 521 Å². The van der Waals surface area contributed by atoms with Crippen LogP contribution in [0.15, 0.2) is 340 Å². The van der Waals surface area contributed by atoms with Crippen LogP contribution in [0.3, 0.4) is 0 Å². The summed E-state index contributed by atoms with van der Waals surface area (Å²) in [4.78, 5) is 4.63. The van der Waals surface area contributed by atoms with Gasteiger partial charge in [-0.15, -0.1) is 0 Å². The molecule has 0 aromatic heterocycles. The fourth-order valence-corrected chi connectivity index (χ4v) is 13.5. The van der Waals surface area contributed by atoms with Gasteiger partial charge in [0.15, 0.2) is 0 Å². The lowest BCUT2D eigenvalue weighted by Gasteiger charge is -2.28. The molecule has 1 aliphatic carbocycles. The van der Waals surface area contributed by atoms with Crippen molar-refractivity contribution in [2.45, 2.75) is 19.3 Å². The third-order valence-electron chi connectivity index (χ3n) is 17.9. The second-order valence-corrected chi connectivity index (χ2v) is 23.6. The molecule has 0 saturated heterocycles. The van der Waals surface area contributed by atoms with E-state index in [1.54, 1.807) is 0 Å². The van der Waals surface area contributed by atoms with Crippen LogP contribution in [0.2, 0.25) is 0 Å². The minimum atomic E-state index is -0.135. The lowest BCUT2D eigenvalue weighted by molar-refractivity contribution is 0.660. The highest BCUT2D eigenvalue weighted by Gasteiger charge is 2.36. The highest BCUT2D eigenvalue weighted by atomic mass is 15.1. The van der Waals surface area contributed by atoms with Gasteiger partial charge in [-0.25, -0.2) is 0 Å². The van der Waals surface area contributed by atoms with Crippen LogP contribution in [0.4, 0.5) is 34.1 Å². The topological polar surface area (TPSA) is 6.48 Å². The first-order valence-electron chi connectivity index (χ1n) is 30.8. The van der Waals surface area contributed by atoms with Gasteiger partial charge in [-0.1, -0.05) is 287 Å². The molecule has 0 aliphatic heterocycles. The monoisotopic (exact) mass is 1140 g/mol. The number of benzene rings is 15. The number of rotatable bonds is 11. The molecule has 0 N–H and O–H groups in total. The SMILES string of the molecule is CC1(C)c2cc(/C=C/c3ccc(N(c4ccccc4)c4ccccc4)cc3)ccc2-c2ccc(N(c3ccccc3)c3ccccc3)cc21.c1ccc2cc(-c3c4ccccc4c(-c4ccc(-c5cccc6ccccc56)cc4)c4ccccc34)ccc2c1. The Kier molecular flexibility index (Phi) is 14.4. The zero-order valence-corrected chi connectivity index (χ0v) is 49.9. The first kappa shape index (κ1) is 54.3. The summed E-state index contributed by atoms with van der Waals surface area (Å²) in [7, 11) is 0. The van der Waals surface area contributed by atoms with Crippen molar-refractivity contribution in [2.24, 2.45) is 0 Å². The molecular formula is C87H64N2. The number of anilines is 6. The molecule has 15 aromatic rings. The van der Waals surface area contributed by atoms with Gasteiger partial charge < -0.3 is 9.80 Å². The third-order valence-corrected chi connectivity index (χ3v) is 17.9. The minimum absolute atomic E-state index is 0.135. The molecule has 2 heteroatoms. The molecule has 422 valence electrons. The van der Waals surface area contributed by atoms with E-state index in [-0.39, 0.29) is 5.41 Å². The van der Waals surface area contributed by atoms with E-state index in [1.165, 1.54) is 116 Å². The van der Waals surface area contributed by atoms with Gasteiger partial charge in [0.25, 0.3) is 0 Å². The molecule has 0 radical (unpaired) electrons. The van der Waals surface area contributed by atoms with Crippen molar-refractivity contribution in [3.8, 4) is 44.5 Å². The summed E-state index contributed by atoms with van der Waals surface area (Å²) in [6, 6.07) is 123. The third kappa shape index (κ3) is 10.4. The molecule has 16 rings (SSSR count). The van der Waals surface area contributed by atoms with Crippen molar-refractivity contribution in [2.75, 3.05) is 9.80 Å². The Bertz CT molecular complexity index is 4930. The lowest BCUT2D eigenvalue weighted by atomic mass is 9.81. The maximum absolute atomic E-state index is 2.39. The van der Waals surface area contributed by atoms with Crippen LogP contribution >= 0.6 is 0 Å². The summed E-state index contributed by atoms with van der Waals surface area (Å²) in [5, 5.41) is 10.2. The van der Waals surface area contributed by atoms with Gasteiger partial charge in [-0.3, -0.25) is 0 Å². The quantitative estimate of drug-likeness (QED) is 0.0941. The number of para-hydroxylation sites is 4. The number of fused-ring (bicyclic) bond motifs is 7. The highest BCUT2D eigenvalue weighted by molar-refractivity contribution is 6.22. The molecule has 2 nitrogen and oxygen atoms in total. The molecule has 0 bridgehead atoms. The Balaban J connectivity index is 0.000000152. The van der Waals surface area contributed by atoms with E-state index in [1.807, 2.05) is 0 Å². The fourth-order valence-electron chi connectivity index (χ4n) is 13.5. The van der Waals surface area contributed by atoms with Crippen LogP contribution in [0, 0.1) is 0 Å². The zero-order chi connectivity index (χ0) is 59.7. The van der Waals surface area contributed by atoms with Crippen molar-refractivity contribution >= 4 is 89.4 Å². The molecule has 0 unspecified atom stereocenters. The molecule has 0 saturated carbocycles. The van der Waals surface area contributed by atoms with E-state index in [2.05, 4.69) is 376 Å². The van der Waals surface area contributed by atoms with Gasteiger partial charge in [-0.05, 0) is 189 Å². The molecule has 15 aromatic carbocycles. The number of hydrogen-bond donors (Lipinski definition) is 0. The first-order chi connectivity index (χ1) is 43.9.